The van der Waals surface area contributed by atoms with Gasteiger partial charge in [-0.05, 0) is 38.0 Å². The standard InChI is InChI=1S/C15H25N3O/c1-5-18(6-2)15(19)11-17(4)14-9-12(3)7-8-13(14)10-16/h7-9H,5-6,10-11,16H2,1-4H3. The molecule has 4 nitrogen and oxygen atoms in total. The lowest BCUT2D eigenvalue weighted by atomic mass is 10.1. The van der Waals surface area contributed by atoms with Crippen molar-refractivity contribution in [1.82, 2.24) is 4.90 Å². The summed E-state index contributed by atoms with van der Waals surface area (Å²) in [5.41, 5.74) is 9.05. The molecule has 0 saturated carbocycles. The molecule has 0 aliphatic carbocycles. The average Bonchev–Trinajstić information content (AvgIpc) is 2.40. The second-order valence-electron chi connectivity index (χ2n) is 4.76. The van der Waals surface area contributed by atoms with Crippen molar-refractivity contribution < 1.29 is 4.79 Å². The van der Waals surface area contributed by atoms with Crippen LogP contribution in [0.1, 0.15) is 25.0 Å². The third kappa shape index (κ3) is 3.96. The van der Waals surface area contributed by atoms with Crippen LogP contribution >= 0.6 is 0 Å². The molecule has 0 aromatic heterocycles. The maximum Gasteiger partial charge on any atom is 0.242 e. The number of nitrogens with zero attached hydrogens (tertiary/aromatic N) is 2. The molecule has 19 heavy (non-hydrogen) atoms. The molecule has 0 heterocycles. The summed E-state index contributed by atoms with van der Waals surface area (Å²) < 4.78 is 0. The quantitative estimate of drug-likeness (QED) is 0.851. The van der Waals surface area contributed by atoms with Gasteiger partial charge in [-0.15, -0.1) is 0 Å². The van der Waals surface area contributed by atoms with Crippen LogP contribution in [0.15, 0.2) is 18.2 Å². The zero-order valence-corrected chi connectivity index (χ0v) is 12.4. The molecule has 0 atom stereocenters. The molecule has 0 bridgehead atoms. The number of hydrogen-bond acceptors (Lipinski definition) is 3. The highest BCUT2D eigenvalue weighted by atomic mass is 16.2. The highest BCUT2D eigenvalue weighted by Crippen LogP contribution is 2.20. The van der Waals surface area contributed by atoms with Crippen molar-refractivity contribution in [2.24, 2.45) is 5.73 Å². The predicted molar refractivity (Wildman–Crippen MR) is 80.3 cm³/mol. The highest BCUT2D eigenvalue weighted by molar-refractivity contribution is 5.81. The number of amides is 1. The van der Waals surface area contributed by atoms with Crippen molar-refractivity contribution in [3.8, 4) is 0 Å². The third-order valence-corrected chi connectivity index (χ3v) is 3.36. The van der Waals surface area contributed by atoms with E-state index in [4.69, 9.17) is 5.73 Å². The number of carbonyl (C=O) groups is 1. The van der Waals surface area contributed by atoms with Gasteiger partial charge in [-0.1, -0.05) is 12.1 Å². The Morgan fingerprint density at radius 1 is 1.26 bits per heavy atom. The number of benzene rings is 1. The molecule has 0 aliphatic heterocycles. The van der Waals surface area contributed by atoms with E-state index in [-0.39, 0.29) is 5.91 Å². The van der Waals surface area contributed by atoms with E-state index in [0.29, 0.717) is 13.1 Å². The lowest BCUT2D eigenvalue weighted by Crippen LogP contribution is -2.39. The molecule has 1 rings (SSSR count). The summed E-state index contributed by atoms with van der Waals surface area (Å²) in [6.45, 7) is 8.42. The molecule has 0 fully saturated rings. The van der Waals surface area contributed by atoms with Crippen LogP contribution < -0.4 is 10.6 Å². The summed E-state index contributed by atoms with van der Waals surface area (Å²) in [7, 11) is 1.94. The molecule has 0 aliphatic rings. The van der Waals surface area contributed by atoms with E-state index in [1.54, 1.807) is 0 Å². The Morgan fingerprint density at radius 3 is 2.42 bits per heavy atom. The van der Waals surface area contributed by atoms with Crippen molar-refractivity contribution in [2.75, 3.05) is 31.6 Å². The molecule has 1 amide bonds. The first-order valence-corrected chi connectivity index (χ1v) is 6.81. The van der Waals surface area contributed by atoms with Crippen LogP contribution in [0.2, 0.25) is 0 Å². The van der Waals surface area contributed by atoms with Crippen LogP contribution in [0.4, 0.5) is 5.69 Å². The van der Waals surface area contributed by atoms with Crippen molar-refractivity contribution in [1.29, 1.82) is 0 Å². The first kappa shape index (κ1) is 15.5. The van der Waals surface area contributed by atoms with Gasteiger partial charge in [-0.2, -0.15) is 0 Å². The predicted octanol–water partition coefficient (Wildman–Crippen LogP) is 1.76. The Labute approximate surface area is 116 Å². The zero-order valence-electron chi connectivity index (χ0n) is 12.4. The van der Waals surface area contributed by atoms with E-state index in [9.17, 15) is 4.79 Å². The second-order valence-corrected chi connectivity index (χ2v) is 4.76. The maximum atomic E-state index is 12.1. The van der Waals surface area contributed by atoms with Gasteiger partial charge in [0, 0.05) is 32.4 Å². The summed E-state index contributed by atoms with van der Waals surface area (Å²) in [5, 5.41) is 0. The van der Waals surface area contributed by atoms with E-state index >= 15 is 0 Å². The van der Waals surface area contributed by atoms with Gasteiger partial charge < -0.3 is 15.5 Å². The van der Waals surface area contributed by atoms with Gasteiger partial charge in [0.1, 0.15) is 0 Å². The van der Waals surface area contributed by atoms with Crippen LogP contribution in [0.5, 0.6) is 0 Å². The van der Waals surface area contributed by atoms with E-state index in [2.05, 4.69) is 6.07 Å². The normalized spacial score (nSPS) is 10.4. The van der Waals surface area contributed by atoms with Crippen LogP contribution in [0.25, 0.3) is 0 Å². The Bertz CT molecular complexity index is 427. The first-order valence-electron chi connectivity index (χ1n) is 6.81. The summed E-state index contributed by atoms with van der Waals surface area (Å²) in [4.78, 5) is 16.0. The van der Waals surface area contributed by atoms with E-state index in [1.165, 1.54) is 5.56 Å². The molecule has 0 saturated heterocycles. The van der Waals surface area contributed by atoms with Crippen LogP contribution in [-0.2, 0) is 11.3 Å². The molecule has 1 aromatic rings. The number of anilines is 1. The molecule has 0 spiro atoms. The summed E-state index contributed by atoms with van der Waals surface area (Å²) in [6, 6.07) is 6.16. The smallest absolute Gasteiger partial charge is 0.242 e. The summed E-state index contributed by atoms with van der Waals surface area (Å²) in [5.74, 6) is 0.150. The van der Waals surface area contributed by atoms with Crippen LogP contribution in [0.3, 0.4) is 0 Å². The van der Waals surface area contributed by atoms with Crippen molar-refractivity contribution >= 4 is 11.6 Å². The number of carbonyl (C=O) groups excluding carboxylic acids is 1. The topological polar surface area (TPSA) is 49.6 Å². The molecule has 4 heteroatoms. The molecular weight excluding hydrogens is 238 g/mol. The minimum absolute atomic E-state index is 0.150. The summed E-state index contributed by atoms with van der Waals surface area (Å²) in [6.07, 6.45) is 0. The minimum Gasteiger partial charge on any atom is -0.365 e. The fourth-order valence-corrected chi connectivity index (χ4v) is 2.17. The van der Waals surface area contributed by atoms with E-state index < -0.39 is 0 Å². The number of hydrogen-bond donors (Lipinski definition) is 1. The van der Waals surface area contributed by atoms with Crippen molar-refractivity contribution in [3.05, 3.63) is 29.3 Å². The van der Waals surface area contributed by atoms with Gasteiger partial charge in [0.05, 0.1) is 6.54 Å². The Balaban J connectivity index is 2.85. The van der Waals surface area contributed by atoms with Gasteiger partial charge in [0.15, 0.2) is 0 Å². The van der Waals surface area contributed by atoms with E-state index in [1.807, 2.05) is 49.8 Å². The maximum absolute atomic E-state index is 12.1. The molecule has 2 N–H and O–H groups in total. The number of aryl methyl sites for hydroxylation is 1. The lowest BCUT2D eigenvalue weighted by molar-refractivity contribution is -0.129. The third-order valence-electron chi connectivity index (χ3n) is 3.36. The van der Waals surface area contributed by atoms with E-state index in [0.717, 1.165) is 24.3 Å². The Hall–Kier alpha value is -1.55. The fraction of sp³-hybridized carbons (Fsp3) is 0.533. The molecule has 106 valence electrons. The van der Waals surface area contributed by atoms with Crippen LogP contribution in [0, 0.1) is 6.92 Å². The Morgan fingerprint density at radius 2 is 1.89 bits per heavy atom. The van der Waals surface area contributed by atoms with Crippen LogP contribution in [-0.4, -0.2) is 37.5 Å². The number of rotatable bonds is 6. The number of likely N-dealkylation sites (N-methyl/N-ethyl adjacent to an activating group) is 2. The molecule has 1 aromatic carbocycles. The first-order chi connectivity index (χ1) is 9.03. The lowest BCUT2D eigenvalue weighted by Gasteiger charge is -2.26. The van der Waals surface area contributed by atoms with Crippen molar-refractivity contribution in [2.45, 2.75) is 27.3 Å². The number of nitrogens with two attached hydrogens (primary N) is 1. The Kier molecular flexibility index (Phi) is 5.83. The van der Waals surface area contributed by atoms with Gasteiger partial charge in [-0.3, -0.25) is 4.79 Å². The second kappa shape index (κ2) is 7.14. The highest BCUT2D eigenvalue weighted by Gasteiger charge is 2.14. The molecule has 0 unspecified atom stereocenters. The molecular formula is C15H25N3O. The fourth-order valence-electron chi connectivity index (χ4n) is 2.17. The summed E-state index contributed by atoms with van der Waals surface area (Å²) >= 11 is 0. The minimum atomic E-state index is 0.150. The SMILES string of the molecule is CCN(CC)C(=O)CN(C)c1cc(C)ccc1CN. The van der Waals surface area contributed by atoms with Gasteiger partial charge >= 0.3 is 0 Å². The van der Waals surface area contributed by atoms with Gasteiger partial charge in [-0.25, -0.2) is 0 Å². The van der Waals surface area contributed by atoms with Gasteiger partial charge in [0.2, 0.25) is 5.91 Å². The van der Waals surface area contributed by atoms with Gasteiger partial charge in [0.25, 0.3) is 0 Å². The zero-order chi connectivity index (χ0) is 14.4. The van der Waals surface area contributed by atoms with Crippen molar-refractivity contribution in [3.63, 3.8) is 0 Å². The largest absolute Gasteiger partial charge is 0.365 e. The monoisotopic (exact) mass is 263 g/mol. The molecule has 0 radical (unpaired) electrons. The average molecular weight is 263 g/mol.